The number of carbonyl (C=O) groups is 2. The molecule has 1 atom stereocenters. The maximum absolute atomic E-state index is 12.9. The number of nitrogens with zero attached hydrogens (tertiary/aromatic N) is 2. The number of amides is 2. The molecule has 2 amide bonds. The molecule has 5 nitrogen and oxygen atoms in total. The standard InChI is InChI=1S/C17H16FN3O2S/c18-13-3-1-11(2-4-13)17-20-14(10-24-17)5-6-15(22)21-8-7-12(9-21)16(19)23/h1-6,10,12H,7-9H2,(H2,19,23). The zero-order chi connectivity index (χ0) is 17.1. The second kappa shape index (κ2) is 6.92. The Kier molecular flexibility index (Phi) is 4.71. The van der Waals surface area contributed by atoms with Crippen LogP contribution in [0.1, 0.15) is 12.1 Å². The third-order valence-electron chi connectivity index (χ3n) is 3.91. The largest absolute Gasteiger partial charge is 0.369 e. The first-order chi connectivity index (χ1) is 11.5. The van der Waals surface area contributed by atoms with Gasteiger partial charge in [-0.3, -0.25) is 9.59 Å². The Labute approximate surface area is 142 Å². The molecule has 3 rings (SSSR count). The van der Waals surface area contributed by atoms with Crippen molar-refractivity contribution in [1.29, 1.82) is 0 Å². The summed E-state index contributed by atoms with van der Waals surface area (Å²) < 4.78 is 12.9. The lowest BCUT2D eigenvalue weighted by atomic mass is 10.1. The lowest BCUT2D eigenvalue weighted by Gasteiger charge is -2.12. The van der Waals surface area contributed by atoms with Crippen LogP contribution in [-0.2, 0) is 9.59 Å². The quantitative estimate of drug-likeness (QED) is 0.864. The van der Waals surface area contributed by atoms with Crippen molar-refractivity contribution in [1.82, 2.24) is 9.88 Å². The van der Waals surface area contributed by atoms with Crippen LogP contribution < -0.4 is 5.73 Å². The van der Waals surface area contributed by atoms with Crippen LogP contribution in [0.15, 0.2) is 35.7 Å². The summed E-state index contributed by atoms with van der Waals surface area (Å²) in [6, 6.07) is 6.11. The molecular formula is C17H16FN3O2S. The minimum absolute atomic E-state index is 0.157. The first-order valence-corrected chi connectivity index (χ1v) is 8.38. The first kappa shape index (κ1) is 16.3. The molecular weight excluding hydrogens is 329 g/mol. The monoisotopic (exact) mass is 345 g/mol. The van der Waals surface area contributed by atoms with Crippen LogP contribution in [0.25, 0.3) is 16.6 Å². The van der Waals surface area contributed by atoms with Gasteiger partial charge >= 0.3 is 0 Å². The van der Waals surface area contributed by atoms with Crippen LogP contribution in [-0.4, -0.2) is 34.8 Å². The van der Waals surface area contributed by atoms with Crippen LogP contribution in [0.4, 0.5) is 4.39 Å². The number of rotatable bonds is 4. The van der Waals surface area contributed by atoms with Gasteiger partial charge in [-0.1, -0.05) is 0 Å². The van der Waals surface area contributed by atoms with Crippen molar-refractivity contribution in [2.24, 2.45) is 11.7 Å². The van der Waals surface area contributed by atoms with Crippen molar-refractivity contribution in [3.8, 4) is 10.6 Å². The molecule has 0 saturated carbocycles. The van der Waals surface area contributed by atoms with Crippen molar-refractivity contribution in [3.05, 3.63) is 47.2 Å². The number of hydrogen-bond acceptors (Lipinski definition) is 4. The fraction of sp³-hybridized carbons (Fsp3) is 0.235. The Morgan fingerprint density at radius 1 is 1.33 bits per heavy atom. The number of aromatic nitrogens is 1. The fourth-order valence-corrected chi connectivity index (χ4v) is 3.34. The SMILES string of the molecule is NC(=O)C1CCN(C(=O)C=Cc2csc(-c3ccc(F)cc3)n2)C1. The highest BCUT2D eigenvalue weighted by molar-refractivity contribution is 7.13. The normalized spacial score (nSPS) is 17.5. The van der Waals surface area contributed by atoms with Gasteiger partial charge < -0.3 is 10.6 Å². The van der Waals surface area contributed by atoms with E-state index >= 15 is 0 Å². The summed E-state index contributed by atoms with van der Waals surface area (Å²) in [7, 11) is 0. The van der Waals surface area contributed by atoms with E-state index in [-0.39, 0.29) is 23.5 Å². The molecule has 124 valence electrons. The van der Waals surface area contributed by atoms with Gasteiger partial charge in [-0.15, -0.1) is 11.3 Å². The molecule has 0 spiro atoms. The third kappa shape index (κ3) is 3.68. The molecule has 2 heterocycles. The number of hydrogen-bond donors (Lipinski definition) is 1. The predicted molar refractivity (Wildman–Crippen MR) is 90.4 cm³/mol. The van der Waals surface area contributed by atoms with Crippen molar-refractivity contribution < 1.29 is 14.0 Å². The Hall–Kier alpha value is -2.54. The van der Waals surface area contributed by atoms with Crippen LogP contribution in [0, 0.1) is 11.7 Å². The van der Waals surface area contributed by atoms with E-state index in [1.54, 1.807) is 23.1 Å². The molecule has 2 N–H and O–H groups in total. The summed E-state index contributed by atoms with van der Waals surface area (Å²) in [5.41, 5.74) is 6.76. The van der Waals surface area contributed by atoms with E-state index < -0.39 is 0 Å². The van der Waals surface area contributed by atoms with Crippen molar-refractivity contribution in [2.75, 3.05) is 13.1 Å². The van der Waals surface area contributed by atoms with Gasteiger partial charge in [0.2, 0.25) is 11.8 Å². The lowest BCUT2D eigenvalue weighted by Crippen LogP contribution is -2.30. The minimum Gasteiger partial charge on any atom is -0.369 e. The zero-order valence-electron chi connectivity index (χ0n) is 12.8. The second-order valence-corrected chi connectivity index (χ2v) is 6.45. The van der Waals surface area contributed by atoms with Crippen molar-refractivity contribution in [2.45, 2.75) is 6.42 Å². The maximum atomic E-state index is 12.9. The summed E-state index contributed by atoms with van der Waals surface area (Å²) in [5.74, 6) is -1.07. The van der Waals surface area contributed by atoms with Gasteiger partial charge in [0.05, 0.1) is 11.6 Å². The second-order valence-electron chi connectivity index (χ2n) is 5.59. The van der Waals surface area contributed by atoms with E-state index in [2.05, 4.69) is 4.98 Å². The number of likely N-dealkylation sites (tertiary alicyclic amines) is 1. The van der Waals surface area contributed by atoms with Gasteiger partial charge in [-0.25, -0.2) is 9.37 Å². The first-order valence-electron chi connectivity index (χ1n) is 7.50. The van der Waals surface area contributed by atoms with E-state index in [9.17, 15) is 14.0 Å². The van der Waals surface area contributed by atoms with E-state index in [0.29, 0.717) is 25.2 Å². The third-order valence-corrected chi connectivity index (χ3v) is 4.82. The number of primary amides is 1. The summed E-state index contributed by atoms with van der Waals surface area (Å²) in [4.78, 5) is 29.3. The average Bonchev–Trinajstić information content (AvgIpc) is 3.23. The summed E-state index contributed by atoms with van der Waals surface area (Å²) >= 11 is 1.43. The summed E-state index contributed by atoms with van der Waals surface area (Å²) in [5, 5.41) is 2.59. The molecule has 24 heavy (non-hydrogen) atoms. The van der Waals surface area contributed by atoms with Gasteiger partial charge in [-0.05, 0) is 36.8 Å². The molecule has 0 aliphatic carbocycles. The van der Waals surface area contributed by atoms with Gasteiger partial charge in [0.1, 0.15) is 10.8 Å². The Balaban J connectivity index is 1.64. The number of thiazole rings is 1. The molecule has 0 bridgehead atoms. The van der Waals surface area contributed by atoms with Crippen LogP contribution in [0.2, 0.25) is 0 Å². The number of benzene rings is 1. The maximum Gasteiger partial charge on any atom is 0.246 e. The Morgan fingerprint density at radius 2 is 2.08 bits per heavy atom. The van der Waals surface area contributed by atoms with Gasteiger partial charge in [0.15, 0.2) is 0 Å². The van der Waals surface area contributed by atoms with Crippen LogP contribution >= 0.6 is 11.3 Å². The molecule has 1 saturated heterocycles. The predicted octanol–water partition coefficient (Wildman–Crippen LogP) is 2.30. The molecule has 1 aromatic carbocycles. The Bertz CT molecular complexity index is 785. The van der Waals surface area contributed by atoms with E-state index in [4.69, 9.17) is 5.73 Å². The topological polar surface area (TPSA) is 76.3 Å². The van der Waals surface area contributed by atoms with Crippen LogP contribution in [0.5, 0.6) is 0 Å². The molecule has 1 aromatic heterocycles. The van der Waals surface area contributed by atoms with Crippen molar-refractivity contribution >= 4 is 29.2 Å². The van der Waals surface area contributed by atoms with E-state index in [0.717, 1.165) is 10.6 Å². The molecule has 1 aliphatic rings. The molecule has 7 heteroatoms. The van der Waals surface area contributed by atoms with E-state index in [1.807, 2.05) is 5.38 Å². The molecule has 2 aromatic rings. The van der Waals surface area contributed by atoms with Crippen LogP contribution in [0.3, 0.4) is 0 Å². The van der Waals surface area contributed by atoms with Gasteiger partial charge in [0, 0.05) is 30.1 Å². The highest BCUT2D eigenvalue weighted by atomic mass is 32.1. The highest BCUT2D eigenvalue weighted by Crippen LogP contribution is 2.24. The number of nitrogens with two attached hydrogens (primary N) is 1. The van der Waals surface area contributed by atoms with E-state index in [1.165, 1.54) is 29.5 Å². The van der Waals surface area contributed by atoms with Gasteiger partial charge in [0.25, 0.3) is 0 Å². The number of halogens is 1. The molecule has 0 radical (unpaired) electrons. The Morgan fingerprint density at radius 3 is 2.75 bits per heavy atom. The lowest BCUT2D eigenvalue weighted by molar-refractivity contribution is -0.125. The summed E-state index contributed by atoms with van der Waals surface area (Å²) in [6.07, 6.45) is 3.71. The van der Waals surface area contributed by atoms with Crippen molar-refractivity contribution in [3.63, 3.8) is 0 Å². The number of carbonyl (C=O) groups excluding carboxylic acids is 2. The van der Waals surface area contributed by atoms with Gasteiger partial charge in [-0.2, -0.15) is 0 Å². The molecule has 1 fully saturated rings. The average molecular weight is 345 g/mol. The highest BCUT2D eigenvalue weighted by Gasteiger charge is 2.28. The smallest absolute Gasteiger partial charge is 0.246 e. The minimum atomic E-state index is -0.363. The molecule has 1 aliphatic heterocycles. The fourth-order valence-electron chi connectivity index (χ4n) is 2.54. The summed E-state index contributed by atoms with van der Waals surface area (Å²) in [6.45, 7) is 0.908. The zero-order valence-corrected chi connectivity index (χ0v) is 13.6. The molecule has 1 unspecified atom stereocenters.